The van der Waals surface area contributed by atoms with E-state index in [-0.39, 0.29) is 18.5 Å². The van der Waals surface area contributed by atoms with Crippen LogP contribution in [-0.4, -0.2) is 47.4 Å². The van der Waals surface area contributed by atoms with E-state index in [1.165, 1.54) is 443 Å². The van der Waals surface area contributed by atoms with E-state index in [1.807, 2.05) is 6.08 Å². The molecule has 3 N–H and O–H groups in total. The summed E-state index contributed by atoms with van der Waals surface area (Å²) in [6, 6.07) is -0.624. The van der Waals surface area contributed by atoms with Gasteiger partial charge in [-0.25, -0.2) is 0 Å². The van der Waals surface area contributed by atoms with E-state index in [0.29, 0.717) is 19.4 Å². The Balaban J connectivity index is 3.30. The average Bonchev–Trinajstić information content (AvgIpc) is 3.78. The minimum atomic E-state index is -0.841. The van der Waals surface area contributed by atoms with Crippen molar-refractivity contribution in [2.45, 2.75) is 520 Å². The van der Waals surface area contributed by atoms with Crippen LogP contribution in [0.2, 0.25) is 0 Å². The molecule has 93 heavy (non-hydrogen) atoms. The molecule has 0 aromatic heterocycles. The number of carbonyl (C=O) groups is 2. The number of aliphatic hydroxyl groups excluding tert-OH is 2. The molecule has 0 aromatic rings. The molecular formula is C87H171NO5. The molecule has 0 bridgehead atoms. The minimum absolute atomic E-state index is 0.0295. The summed E-state index contributed by atoms with van der Waals surface area (Å²) in [6.45, 7) is 4.98. The quantitative estimate of drug-likeness (QED) is 0.0320. The van der Waals surface area contributed by atoms with Gasteiger partial charge in [-0.2, -0.15) is 0 Å². The number of allylic oxidation sites excluding steroid dienone is 1. The van der Waals surface area contributed by atoms with Gasteiger partial charge in [0.05, 0.1) is 25.4 Å². The zero-order chi connectivity index (χ0) is 67.0. The van der Waals surface area contributed by atoms with Crippen LogP contribution < -0.4 is 5.32 Å². The lowest BCUT2D eigenvalue weighted by molar-refractivity contribution is -0.143. The molecule has 0 aromatic carbocycles. The van der Waals surface area contributed by atoms with Crippen LogP contribution in [0.3, 0.4) is 0 Å². The van der Waals surface area contributed by atoms with Gasteiger partial charge in [0.1, 0.15) is 0 Å². The summed E-state index contributed by atoms with van der Waals surface area (Å²) in [5.41, 5.74) is 0. The predicted octanol–water partition coefficient (Wildman–Crippen LogP) is 29.0. The number of rotatable bonds is 83. The number of carbonyl (C=O) groups excluding carboxylic acids is 2. The van der Waals surface area contributed by atoms with Crippen molar-refractivity contribution < 1.29 is 24.5 Å². The first-order valence-corrected chi connectivity index (χ1v) is 43.5. The highest BCUT2D eigenvalue weighted by Crippen LogP contribution is 2.21. The van der Waals surface area contributed by atoms with E-state index in [0.717, 1.165) is 38.5 Å². The summed E-state index contributed by atoms with van der Waals surface area (Å²) in [5, 5.41) is 23.3. The first-order chi connectivity index (χ1) is 46.0. The number of amides is 1. The molecular weight excluding hydrogens is 1140 g/mol. The molecule has 0 heterocycles. The molecule has 0 aliphatic rings. The van der Waals surface area contributed by atoms with Crippen LogP contribution in [0.4, 0.5) is 0 Å². The fraction of sp³-hybridized carbons (Fsp3) is 0.954. The van der Waals surface area contributed by atoms with Crippen molar-refractivity contribution in [3.05, 3.63) is 12.2 Å². The predicted molar refractivity (Wildman–Crippen MR) is 412 cm³/mol. The van der Waals surface area contributed by atoms with E-state index >= 15 is 0 Å². The van der Waals surface area contributed by atoms with Gasteiger partial charge in [0.15, 0.2) is 0 Å². The molecule has 0 saturated carbocycles. The van der Waals surface area contributed by atoms with E-state index in [1.54, 1.807) is 6.08 Å². The third-order valence-corrected chi connectivity index (χ3v) is 20.8. The largest absolute Gasteiger partial charge is 0.466 e. The smallest absolute Gasteiger partial charge is 0.305 e. The fourth-order valence-electron chi connectivity index (χ4n) is 14.2. The lowest BCUT2D eigenvalue weighted by atomic mass is 10.0. The lowest BCUT2D eigenvalue weighted by Crippen LogP contribution is -2.45. The first-order valence-electron chi connectivity index (χ1n) is 43.5. The zero-order valence-corrected chi connectivity index (χ0v) is 63.8. The Morgan fingerprint density at radius 2 is 0.495 bits per heavy atom. The fourth-order valence-corrected chi connectivity index (χ4v) is 14.2. The SMILES string of the molecule is CCCCCCCCCCCCCCCCCCCC/C=C/C(O)C(CO)NC(=O)CCCCCCCCCCCCCCCCCCCCCCCCCCCCCCCCCCCCCCCOC(=O)CCCCCCCCCCCCCCCCCCCCC. The highest BCUT2D eigenvalue weighted by atomic mass is 16.5. The van der Waals surface area contributed by atoms with Gasteiger partial charge in [0.2, 0.25) is 5.91 Å². The van der Waals surface area contributed by atoms with Crippen LogP contribution in [0.1, 0.15) is 508 Å². The van der Waals surface area contributed by atoms with Gasteiger partial charge in [0.25, 0.3) is 0 Å². The molecule has 2 atom stereocenters. The number of ether oxygens (including phenoxy) is 1. The zero-order valence-electron chi connectivity index (χ0n) is 63.8. The van der Waals surface area contributed by atoms with Gasteiger partial charge in [-0.3, -0.25) is 9.59 Å². The monoisotopic (exact) mass is 1310 g/mol. The van der Waals surface area contributed by atoms with Crippen LogP contribution in [0, 0.1) is 0 Å². The molecule has 0 aliphatic carbocycles. The van der Waals surface area contributed by atoms with Crippen molar-refractivity contribution in [2.24, 2.45) is 0 Å². The molecule has 0 fully saturated rings. The van der Waals surface area contributed by atoms with Crippen molar-refractivity contribution >= 4 is 11.9 Å². The number of nitrogens with one attached hydrogen (secondary N) is 1. The van der Waals surface area contributed by atoms with Crippen LogP contribution in [-0.2, 0) is 14.3 Å². The van der Waals surface area contributed by atoms with E-state index in [4.69, 9.17) is 4.74 Å². The van der Waals surface area contributed by atoms with Gasteiger partial charge in [-0.05, 0) is 32.1 Å². The summed E-state index contributed by atoms with van der Waals surface area (Å²) in [5.74, 6) is -0.0274. The molecule has 554 valence electrons. The van der Waals surface area contributed by atoms with Crippen LogP contribution in [0.25, 0.3) is 0 Å². The summed E-state index contributed by atoms with van der Waals surface area (Å²) in [4.78, 5) is 24.7. The Morgan fingerprint density at radius 3 is 0.731 bits per heavy atom. The topological polar surface area (TPSA) is 95.9 Å². The minimum Gasteiger partial charge on any atom is -0.466 e. The van der Waals surface area contributed by atoms with Gasteiger partial charge in [-0.15, -0.1) is 0 Å². The summed E-state index contributed by atoms with van der Waals surface area (Å²) in [7, 11) is 0. The van der Waals surface area contributed by atoms with Gasteiger partial charge in [0, 0.05) is 12.8 Å². The van der Waals surface area contributed by atoms with Crippen LogP contribution in [0.15, 0.2) is 12.2 Å². The molecule has 0 rings (SSSR count). The highest BCUT2D eigenvalue weighted by molar-refractivity contribution is 5.76. The second kappa shape index (κ2) is 83.0. The van der Waals surface area contributed by atoms with Crippen LogP contribution in [0.5, 0.6) is 0 Å². The molecule has 0 aliphatic heterocycles. The second-order valence-electron chi connectivity index (χ2n) is 30.2. The number of hydrogen-bond donors (Lipinski definition) is 3. The Bertz CT molecular complexity index is 1420. The van der Waals surface area contributed by atoms with Gasteiger partial charge < -0.3 is 20.3 Å². The molecule has 0 spiro atoms. The molecule has 2 unspecified atom stereocenters. The van der Waals surface area contributed by atoms with Crippen molar-refractivity contribution in [3.8, 4) is 0 Å². The Morgan fingerprint density at radius 1 is 0.290 bits per heavy atom. The van der Waals surface area contributed by atoms with Crippen molar-refractivity contribution in [2.75, 3.05) is 13.2 Å². The van der Waals surface area contributed by atoms with Gasteiger partial charge in [-0.1, -0.05) is 475 Å². The first kappa shape index (κ1) is 91.6. The van der Waals surface area contributed by atoms with Crippen LogP contribution >= 0.6 is 0 Å². The van der Waals surface area contributed by atoms with Gasteiger partial charge >= 0.3 is 5.97 Å². The number of aliphatic hydroxyl groups is 2. The Hall–Kier alpha value is -1.40. The standard InChI is InChI=1S/C87H171NO5/c1-3-5-7-9-11-13-15-17-19-21-23-44-47-51-55-59-63-67-71-75-79-85(90)84(83-89)88-86(91)80-76-72-68-64-60-56-52-48-45-41-39-37-35-33-31-29-27-25-24-26-28-30-32-34-36-38-40-42-46-50-54-58-62-66-70-74-78-82-93-87(92)81-77-73-69-65-61-57-53-49-43-22-20-18-16-14-12-10-8-6-4-2/h75,79,84-85,89-90H,3-74,76-78,80-83H2,1-2H3,(H,88,91)/b79-75+. The van der Waals surface area contributed by atoms with E-state index in [2.05, 4.69) is 19.2 Å². The number of unbranched alkanes of at least 4 members (excludes halogenated alkanes) is 72. The third kappa shape index (κ3) is 79.5. The maximum atomic E-state index is 12.5. The Kier molecular flexibility index (Phi) is 81.8. The molecule has 6 heteroatoms. The molecule has 0 saturated heterocycles. The lowest BCUT2D eigenvalue weighted by Gasteiger charge is -2.20. The summed E-state index contributed by atoms with van der Waals surface area (Å²) in [6.07, 6.45) is 107. The average molecular weight is 1310 g/mol. The van der Waals surface area contributed by atoms with Crippen molar-refractivity contribution in [1.82, 2.24) is 5.32 Å². The molecule has 0 radical (unpaired) electrons. The summed E-state index contributed by atoms with van der Waals surface area (Å²) < 4.78 is 5.53. The van der Waals surface area contributed by atoms with Crippen molar-refractivity contribution in [1.29, 1.82) is 0 Å². The second-order valence-corrected chi connectivity index (χ2v) is 30.2. The third-order valence-electron chi connectivity index (χ3n) is 20.8. The molecule has 1 amide bonds. The number of hydrogen-bond acceptors (Lipinski definition) is 5. The maximum Gasteiger partial charge on any atom is 0.305 e. The Labute approximate surface area is 584 Å². The van der Waals surface area contributed by atoms with E-state index < -0.39 is 12.1 Å². The highest BCUT2D eigenvalue weighted by Gasteiger charge is 2.18. The van der Waals surface area contributed by atoms with Crippen molar-refractivity contribution in [3.63, 3.8) is 0 Å². The maximum absolute atomic E-state index is 12.5. The molecule has 6 nitrogen and oxygen atoms in total. The normalized spacial score (nSPS) is 12.4. The summed E-state index contributed by atoms with van der Waals surface area (Å²) >= 11 is 0. The van der Waals surface area contributed by atoms with E-state index in [9.17, 15) is 19.8 Å². The number of esters is 1.